The highest BCUT2D eigenvalue weighted by molar-refractivity contribution is 6.32. The Morgan fingerprint density at radius 2 is 1.96 bits per heavy atom. The van der Waals surface area contributed by atoms with Gasteiger partial charge in [0.2, 0.25) is 0 Å². The molecule has 4 nitrogen and oxygen atoms in total. The van der Waals surface area contributed by atoms with Crippen molar-refractivity contribution in [1.29, 1.82) is 0 Å². The molecule has 1 aliphatic heterocycles. The van der Waals surface area contributed by atoms with Crippen molar-refractivity contribution < 1.29 is 9.53 Å². The van der Waals surface area contributed by atoms with E-state index >= 15 is 0 Å². The van der Waals surface area contributed by atoms with Gasteiger partial charge in [0.25, 0.3) is 5.91 Å². The van der Waals surface area contributed by atoms with E-state index in [1.807, 2.05) is 29.2 Å². The minimum Gasteiger partial charge on any atom is -0.491 e. The quantitative estimate of drug-likeness (QED) is 0.652. The molecule has 1 aromatic carbocycles. The Balaban J connectivity index is 1.65. The summed E-state index contributed by atoms with van der Waals surface area (Å²) in [6, 6.07) is 6.87. The van der Waals surface area contributed by atoms with E-state index in [-0.39, 0.29) is 11.9 Å². The maximum atomic E-state index is 12.5. The molecule has 0 bridgehead atoms. The largest absolute Gasteiger partial charge is 0.491 e. The Kier molecular flexibility index (Phi) is 6.48. The molecule has 1 heterocycles. The van der Waals surface area contributed by atoms with Gasteiger partial charge in [-0.25, -0.2) is 0 Å². The first-order chi connectivity index (χ1) is 12.9. The van der Waals surface area contributed by atoms with E-state index in [1.165, 1.54) is 18.4 Å². The predicted molar refractivity (Wildman–Crippen MR) is 112 cm³/mol. The number of carbonyl (C=O) groups is 1. The van der Waals surface area contributed by atoms with Crippen LogP contribution in [0.5, 0.6) is 5.75 Å². The van der Waals surface area contributed by atoms with Crippen LogP contribution >= 0.6 is 11.6 Å². The number of hydrogen-bond donors (Lipinski definition) is 0. The van der Waals surface area contributed by atoms with Crippen molar-refractivity contribution in [3.63, 3.8) is 0 Å². The van der Waals surface area contributed by atoms with Crippen molar-refractivity contribution in [2.24, 2.45) is 0 Å². The van der Waals surface area contributed by atoms with Crippen molar-refractivity contribution in [3.05, 3.63) is 34.9 Å². The van der Waals surface area contributed by atoms with E-state index in [4.69, 9.17) is 16.3 Å². The van der Waals surface area contributed by atoms with Crippen LogP contribution in [0.3, 0.4) is 0 Å². The first-order valence-corrected chi connectivity index (χ1v) is 10.5. The fourth-order valence-corrected chi connectivity index (χ4v) is 4.53. The second-order valence-corrected chi connectivity index (χ2v) is 8.48. The molecule has 0 radical (unpaired) electrons. The van der Waals surface area contributed by atoms with Crippen LogP contribution in [0.2, 0.25) is 5.02 Å². The van der Waals surface area contributed by atoms with Gasteiger partial charge in [-0.2, -0.15) is 0 Å². The highest BCUT2D eigenvalue weighted by Crippen LogP contribution is 2.38. The summed E-state index contributed by atoms with van der Waals surface area (Å²) in [7, 11) is 0. The van der Waals surface area contributed by atoms with E-state index in [9.17, 15) is 4.79 Å². The van der Waals surface area contributed by atoms with Crippen molar-refractivity contribution in [2.75, 3.05) is 18.1 Å². The van der Waals surface area contributed by atoms with E-state index in [0.29, 0.717) is 29.5 Å². The van der Waals surface area contributed by atoms with Crippen LogP contribution in [0.25, 0.3) is 0 Å². The average Bonchev–Trinajstić information content (AvgIpc) is 2.94. The molecule has 1 atom stereocenters. The lowest BCUT2D eigenvalue weighted by Crippen LogP contribution is -2.39. The number of carbonyl (C=O) groups excluding carboxylic acids is 1. The van der Waals surface area contributed by atoms with Gasteiger partial charge < -0.3 is 9.64 Å². The maximum Gasteiger partial charge on any atom is 0.251 e. The van der Waals surface area contributed by atoms with Gasteiger partial charge in [0.05, 0.1) is 11.1 Å². The molecule has 1 aliphatic carbocycles. The third-order valence-corrected chi connectivity index (χ3v) is 5.90. The monoisotopic (exact) mass is 390 g/mol. The minimum absolute atomic E-state index is 0.0751. The molecule has 0 N–H and O–H groups in total. The first-order valence-electron chi connectivity index (χ1n) is 10.1. The average molecular weight is 391 g/mol. The molecule has 27 heavy (non-hydrogen) atoms. The van der Waals surface area contributed by atoms with E-state index < -0.39 is 0 Å². The number of anilines is 1. The minimum atomic E-state index is 0.0751. The molecule has 1 unspecified atom stereocenters. The third-order valence-electron chi connectivity index (χ3n) is 5.61. The summed E-state index contributed by atoms with van der Waals surface area (Å²) in [5.74, 6) is 0.752. The number of amides is 1. The molecule has 5 heteroatoms. The lowest BCUT2D eigenvalue weighted by molar-refractivity contribution is -0.113. The Bertz CT molecular complexity index is 706. The summed E-state index contributed by atoms with van der Waals surface area (Å²) in [6.45, 7) is 10.2. The van der Waals surface area contributed by atoms with Gasteiger partial charge in [-0.05, 0) is 70.7 Å². The van der Waals surface area contributed by atoms with Gasteiger partial charge in [-0.15, -0.1) is 0 Å². The molecule has 0 aromatic heterocycles. The molecular weight excluding hydrogens is 360 g/mol. The van der Waals surface area contributed by atoms with Crippen LogP contribution in [0, 0.1) is 0 Å². The molecule has 0 saturated heterocycles. The van der Waals surface area contributed by atoms with Crippen LogP contribution < -0.4 is 9.64 Å². The molecule has 148 valence electrons. The molecule has 0 spiro atoms. The van der Waals surface area contributed by atoms with Crippen LogP contribution in [-0.2, 0) is 4.79 Å². The van der Waals surface area contributed by atoms with E-state index in [0.717, 1.165) is 25.1 Å². The van der Waals surface area contributed by atoms with Crippen LogP contribution in [-0.4, -0.2) is 42.1 Å². The topological polar surface area (TPSA) is 32.8 Å². The number of hydrogen-bond acceptors (Lipinski definition) is 3. The Morgan fingerprint density at radius 3 is 2.63 bits per heavy atom. The van der Waals surface area contributed by atoms with Crippen molar-refractivity contribution >= 4 is 23.2 Å². The van der Waals surface area contributed by atoms with E-state index in [2.05, 4.69) is 32.6 Å². The van der Waals surface area contributed by atoms with Gasteiger partial charge in [-0.3, -0.25) is 9.69 Å². The number of ether oxygens (including phenoxy) is 1. The lowest BCUT2D eigenvalue weighted by atomic mass is 9.91. The molecule has 1 fully saturated rings. The third kappa shape index (κ3) is 4.49. The number of nitrogens with zero attached hydrogens (tertiary/aromatic N) is 2. The zero-order valence-corrected chi connectivity index (χ0v) is 17.6. The SMILES string of the molecule is CC(C)N(CCOc1ccc(N2C(=O)C=C3CCCCC32)cc1Cl)C(C)C. The van der Waals surface area contributed by atoms with Crippen LogP contribution in [0.1, 0.15) is 53.4 Å². The van der Waals surface area contributed by atoms with E-state index in [1.54, 1.807) is 0 Å². The van der Waals surface area contributed by atoms with Gasteiger partial charge in [0.1, 0.15) is 12.4 Å². The summed E-state index contributed by atoms with van der Waals surface area (Å²) in [4.78, 5) is 16.8. The molecule has 1 aromatic rings. The summed E-state index contributed by atoms with van der Waals surface area (Å²) in [5, 5.41) is 0.560. The fourth-order valence-electron chi connectivity index (χ4n) is 4.30. The molecule has 3 rings (SSSR count). The number of benzene rings is 1. The summed E-state index contributed by atoms with van der Waals surface area (Å²) >= 11 is 6.48. The van der Waals surface area contributed by atoms with Crippen LogP contribution in [0.15, 0.2) is 29.8 Å². The zero-order chi connectivity index (χ0) is 19.6. The standard InChI is InChI=1S/C22H31ClN2O2/c1-15(2)24(16(3)4)11-12-27-21-10-9-18(14-19(21)23)25-20-8-6-5-7-17(20)13-22(25)26/h9-10,13-16,20H,5-8,11-12H2,1-4H3. The highest BCUT2D eigenvalue weighted by atomic mass is 35.5. The zero-order valence-electron chi connectivity index (χ0n) is 16.9. The predicted octanol–water partition coefficient (Wildman–Crippen LogP) is 5.05. The molecular formula is C22H31ClN2O2. The van der Waals surface area contributed by atoms with Gasteiger partial charge in [0.15, 0.2) is 0 Å². The van der Waals surface area contributed by atoms with Gasteiger partial charge >= 0.3 is 0 Å². The number of fused-ring (bicyclic) bond motifs is 1. The lowest BCUT2D eigenvalue weighted by Gasteiger charge is -2.31. The van der Waals surface area contributed by atoms with Gasteiger partial charge in [-0.1, -0.05) is 18.0 Å². The number of halogens is 1. The summed E-state index contributed by atoms with van der Waals surface area (Å²) < 4.78 is 5.93. The Hall–Kier alpha value is -1.52. The highest BCUT2D eigenvalue weighted by Gasteiger charge is 2.35. The smallest absolute Gasteiger partial charge is 0.251 e. The molecule has 1 saturated carbocycles. The molecule has 2 aliphatic rings. The Labute approximate surface area is 168 Å². The van der Waals surface area contributed by atoms with Crippen molar-refractivity contribution in [1.82, 2.24) is 4.90 Å². The first kappa shape index (κ1) is 20.2. The summed E-state index contributed by atoms with van der Waals surface area (Å²) in [6.07, 6.45) is 6.23. The van der Waals surface area contributed by atoms with Crippen molar-refractivity contribution in [2.45, 2.75) is 71.5 Å². The second kappa shape index (κ2) is 8.66. The normalized spacial score (nSPS) is 19.9. The second-order valence-electron chi connectivity index (χ2n) is 8.08. The van der Waals surface area contributed by atoms with Crippen LogP contribution in [0.4, 0.5) is 5.69 Å². The summed E-state index contributed by atoms with van der Waals surface area (Å²) in [5.41, 5.74) is 2.13. The Morgan fingerprint density at radius 1 is 1.22 bits per heavy atom. The maximum absolute atomic E-state index is 12.5. The number of rotatable bonds is 7. The van der Waals surface area contributed by atoms with Gasteiger partial charge in [0, 0.05) is 30.4 Å². The van der Waals surface area contributed by atoms with Crippen molar-refractivity contribution in [3.8, 4) is 5.75 Å². The molecule has 1 amide bonds. The fraction of sp³-hybridized carbons (Fsp3) is 0.591.